The van der Waals surface area contributed by atoms with E-state index >= 15 is 0 Å². The van der Waals surface area contributed by atoms with Crippen molar-refractivity contribution in [2.24, 2.45) is 0 Å². The Balaban J connectivity index is 1.38. The second kappa shape index (κ2) is 11.0. The van der Waals surface area contributed by atoms with Gasteiger partial charge in [-0.15, -0.1) is 0 Å². The van der Waals surface area contributed by atoms with E-state index in [1.54, 1.807) is 6.92 Å². The highest BCUT2D eigenvalue weighted by atomic mass is 16.1. The van der Waals surface area contributed by atoms with Gasteiger partial charge in [-0.05, 0) is 97.1 Å². The molecule has 4 aromatic carbocycles. The number of rotatable bonds is 8. The number of aromatic nitrogens is 1. The number of carbonyl (C=O) groups excluding carboxylic acids is 2. The van der Waals surface area contributed by atoms with E-state index in [9.17, 15) is 9.59 Å². The molecule has 2 N–H and O–H groups in total. The third-order valence-electron chi connectivity index (χ3n) is 6.86. The molecule has 7 nitrogen and oxygen atoms in total. The number of carbonyl (C=O) groups is 2. The van der Waals surface area contributed by atoms with Gasteiger partial charge in [-0.1, -0.05) is 0 Å². The van der Waals surface area contributed by atoms with Gasteiger partial charge in [0.05, 0.1) is 11.2 Å². The lowest BCUT2D eigenvalue weighted by molar-refractivity contribution is 0.100. The van der Waals surface area contributed by atoms with Crippen LogP contribution in [0.4, 0.5) is 28.4 Å². The molecule has 0 saturated carbocycles. The minimum atomic E-state index is -0.185. The summed E-state index contributed by atoms with van der Waals surface area (Å²) < 4.78 is 1.96. The molecule has 5 rings (SSSR count). The van der Waals surface area contributed by atoms with Crippen LogP contribution in [0.1, 0.15) is 27.8 Å². The molecule has 0 aliphatic carbocycles. The summed E-state index contributed by atoms with van der Waals surface area (Å²) in [7, 11) is 7.96. The second-order valence-corrected chi connectivity index (χ2v) is 10.2. The SMILES string of the molecule is CC(=O)c1cc2cc(NC(=O)c3ccc(N(C)C)cc3)ccc2n1-c1ccc(Nc2ccc(N(C)C)cc2)cc1. The Morgan fingerprint density at radius 1 is 0.650 bits per heavy atom. The van der Waals surface area contributed by atoms with Gasteiger partial charge in [0.1, 0.15) is 0 Å². The number of nitrogens with zero attached hydrogens (tertiary/aromatic N) is 3. The van der Waals surface area contributed by atoms with Crippen LogP contribution in [0.3, 0.4) is 0 Å². The van der Waals surface area contributed by atoms with Crippen LogP contribution >= 0.6 is 0 Å². The highest BCUT2D eigenvalue weighted by Crippen LogP contribution is 2.29. The first-order chi connectivity index (χ1) is 19.2. The van der Waals surface area contributed by atoms with E-state index in [1.807, 2.05) is 123 Å². The van der Waals surface area contributed by atoms with Crippen LogP contribution < -0.4 is 20.4 Å². The van der Waals surface area contributed by atoms with Crippen molar-refractivity contribution in [2.75, 3.05) is 48.6 Å². The van der Waals surface area contributed by atoms with Crippen molar-refractivity contribution in [2.45, 2.75) is 6.92 Å². The van der Waals surface area contributed by atoms with E-state index in [0.29, 0.717) is 16.9 Å². The van der Waals surface area contributed by atoms with Gasteiger partial charge in [-0.25, -0.2) is 0 Å². The third kappa shape index (κ3) is 5.54. The van der Waals surface area contributed by atoms with Crippen molar-refractivity contribution < 1.29 is 9.59 Å². The molecule has 0 atom stereocenters. The lowest BCUT2D eigenvalue weighted by Crippen LogP contribution is -2.13. The average molecular weight is 532 g/mol. The molecule has 0 aliphatic rings. The zero-order valence-electron chi connectivity index (χ0n) is 23.4. The van der Waals surface area contributed by atoms with Crippen LogP contribution in [-0.2, 0) is 0 Å². The molecule has 1 heterocycles. The summed E-state index contributed by atoms with van der Waals surface area (Å²) in [6, 6.07) is 31.2. The summed E-state index contributed by atoms with van der Waals surface area (Å²) in [5.74, 6) is -0.221. The van der Waals surface area contributed by atoms with Gasteiger partial charge in [0, 0.05) is 80.2 Å². The van der Waals surface area contributed by atoms with Crippen LogP contribution in [-0.4, -0.2) is 44.4 Å². The Morgan fingerprint density at radius 2 is 1.18 bits per heavy atom. The number of hydrogen-bond donors (Lipinski definition) is 2. The fourth-order valence-electron chi connectivity index (χ4n) is 4.65. The number of ketones is 1. The van der Waals surface area contributed by atoms with Gasteiger partial charge in [0.2, 0.25) is 0 Å². The quantitative estimate of drug-likeness (QED) is 0.212. The van der Waals surface area contributed by atoms with E-state index in [2.05, 4.69) is 27.7 Å². The van der Waals surface area contributed by atoms with Crippen LogP contribution in [0.5, 0.6) is 0 Å². The Hall–Kier alpha value is -5.04. The van der Waals surface area contributed by atoms with Crippen LogP contribution in [0.15, 0.2) is 97.1 Å². The molecule has 202 valence electrons. The molecule has 0 unspecified atom stereocenters. The van der Waals surface area contributed by atoms with Gasteiger partial charge in [-0.2, -0.15) is 0 Å². The largest absolute Gasteiger partial charge is 0.378 e. The lowest BCUT2D eigenvalue weighted by atomic mass is 10.1. The maximum Gasteiger partial charge on any atom is 0.255 e. The number of nitrogens with one attached hydrogen (secondary N) is 2. The van der Waals surface area contributed by atoms with Crippen molar-refractivity contribution in [1.82, 2.24) is 4.57 Å². The number of fused-ring (bicyclic) bond motifs is 1. The first kappa shape index (κ1) is 26.6. The monoisotopic (exact) mass is 531 g/mol. The van der Waals surface area contributed by atoms with E-state index < -0.39 is 0 Å². The number of anilines is 5. The van der Waals surface area contributed by atoms with E-state index in [-0.39, 0.29) is 11.7 Å². The predicted molar refractivity (Wildman–Crippen MR) is 166 cm³/mol. The maximum atomic E-state index is 12.9. The molecular weight excluding hydrogens is 498 g/mol. The van der Waals surface area contributed by atoms with Crippen molar-refractivity contribution in [3.8, 4) is 5.69 Å². The fraction of sp³-hybridized carbons (Fsp3) is 0.152. The average Bonchev–Trinajstić information content (AvgIpc) is 3.33. The molecule has 0 bridgehead atoms. The first-order valence-corrected chi connectivity index (χ1v) is 13.1. The highest BCUT2D eigenvalue weighted by molar-refractivity contribution is 6.06. The molecule has 7 heteroatoms. The molecule has 1 amide bonds. The molecule has 0 fully saturated rings. The van der Waals surface area contributed by atoms with Gasteiger partial charge in [0.15, 0.2) is 5.78 Å². The number of amides is 1. The smallest absolute Gasteiger partial charge is 0.255 e. The van der Waals surface area contributed by atoms with Crippen LogP contribution in [0, 0.1) is 0 Å². The Morgan fingerprint density at radius 3 is 1.73 bits per heavy atom. The zero-order valence-corrected chi connectivity index (χ0v) is 23.4. The highest BCUT2D eigenvalue weighted by Gasteiger charge is 2.15. The van der Waals surface area contributed by atoms with Crippen LogP contribution in [0.2, 0.25) is 0 Å². The van der Waals surface area contributed by atoms with Crippen molar-refractivity contribution in [1.29, 1.82) is 0 Å². The molecule has 5 aromatic rings. The van der Waals surface area contributed by atoms with Gasteiger partial charge in [0.25, 0.3) is 5.91 Å². The summed E-state index contributed by atoms with van der Waals surface area (Å²) in [6.07, 6.45) is 0. The van der Waals surface area contributed by atoms with Crippen molar-refractivity contribution in [3.05, 3.63) is 108 Å². The standard InChI is InChI=1S/C33H33N5O2/c1-22(39)32-21-24-20-27(35-33(40)23-6-13-28(14-7-23)36(2)3)12-19-31(24)38(32)30-17-10-26(11-18-30)34-25-8-15-29(16-9-25)37(4)5/h6-21,34H,1-5H3,(H,35,40). The number of benzene rings is 4. The van der Waals surface area contributed by atoms with Crippen molar-refractivity contribution >= 4 is 51.0 Å². The summed E-state index contributed by atoms with van der Waals surface area (Å²) >= 11 is 0. The van der Waals surface area contributed by atoms with E-state index in [0.717, 1.165) is 39.3 Å². The molecule has 0 radical (unpaired) electrons. The number of hydrogen-bond acceptors (Lipinski definition) is 5. The Bertz CT molecular complexity index is 1670. The molecule has 0 spiro atoms. The molecule has 40 heavy (non-hydrogen) atoms. The lowest BCUT2D eigenvalue weighted by Gasteiger charge is -2.14. The minimum absolute atomic E-state index is 0.0362. The second-order valence-electron chi connectivity index (χ2n) is 10.2. The first-order valence-electron chi connectivity index (χ1n) is 13.1. The maximum absolute atomic E-state index is 12.9. The van der Waals surface area contributed by atoms with E-state index in [1.165, 1.54) is 0 Å². The Labute approximate surface area is 234 Å². The fourth-order valence-corrected chi connectivity index (χ4v) is 4.65. The van der Waals surface area contributed by atoms with Crippen LogP contribution in [0.25, 0.3) is 16.6 Å². The summed E-state index contributed by atoms with van der Waals surface area (Å²) in [4.78, 5) is 29.5. The predicted octanol–water partition coefficient (Wildman–Crippen LogP) is 6.96. The van der Waals surface area contributed by atoms with E-state index in [4.69, 9.17) is 0 Å². The van der Waals surface area contributed by atoms with Gasteiger partial charge >= 0.3 is 0 Å². The topological polar surface area (TPSA) is 69.6 Å². The summed E-state index contributed by atoms with van der Waals surface area (Å²) in [6.45, 7) is 1.57. The molecule has 0 saturated heterocycles. The molecular formula is C33H33N5O2. The zero-order chi connectivity index (χ0) is 28.4. The van der Waals surface area contributed by atoms with Gasteiger partial charge in [-0.3, -0.25) is 9.59 Å². The summed E-state index contributed by atoms with van der Waals surface area (Å²) in [5.41, 5.74) is 7.71. The van der Waals surface area contributed by atoms with Gasteiger partial charge < -0.3 is 25.0 Å². The summed E-state index contributed by atoms with van der Waals surface area (Å²) in [5, 5.41) is 7.28. The van der Waals surface area contributed by atoms with Crippen molar-refractivity contribution in [3.63, 3.8) is 0 Å². The Kier molecular flexibility index (Phi) is 7.29. The molecule has 1 aromatic heterocycles. The number of Topliss-reactive ketones (excluding diaryl/α,β-unsaturated/α-hetero) is 1. The third-order valence-corrected chi connectivity index (χ3v) is 6.86. The normalized spacial score (nSPS) is 10.8. The minimum Gasteiger partial charge on any atom is -0.378 e. The molecule has 0 aliphatic heterocycles.